The summed E-state index contributed by atoms with van der Waals surface area (Å²) in [6.45, 7) is 6.34. The van der Waals surface area contributed by atoms with Crippen molar-refractivity contribution in [3.05, 3.63) is 28.8 Å². The van der Waals surface area contributed by atoms with Crippen molar-refractivity contribution in [1.29, 1.82) is 0 Å². The molecule has 1 aliphatic rings. The number of ether oxygens (including phenoxy) is 2. The van der Waals surface area contributed by atoms with Gasteiger partial charge in [0.25, 0.3) is 5.91 Å². The number of rotatable bonds is 4. The Morgan fingerprint density at radius 1 is 1.32 bits per heavy atom. The van der Waals surface area contributed by atoms with Crippen molar-refractivity contribution in [2.75, 3.05) is 33.9 Å². The molecule has 2 heterocycles. The van der Waals surface area contributed by atoms with Crippen molar-refractivity contribution in [3.63, 3.8) is 0 Å². The summed E-state index contributed by atoms with van der Waals surface area (Å²) in [7, 11) is 3.21. The fraction of sp³-hybridized carbons (Fsp3) is 0.444. The van der Waals surface area contributed by atoms with Gasteiger partial charge in [-0.1, -0.05) is 0 Å². The molecule has 1 fully saturated rings. The molecule has 0 saturated carbocycles. The molecular formula is C18H23N3O3S. The number of benzene rings is 1. The predicted molar refractivity (Wildman–Crippen MR) is 98.8 cm³/mol. The van der Waals surface area contributed by atoms with Crippen LogP contribution in [0.1, 0.15) is 22.3 Å². The monoisotopic (exact) mass is 361 g/mol. The zero-order valence-corrected chi connectivity index (χ0v) is 15.8. The van der Waals surface area contributed by atoms with Gasteiger partial charge in [-0.25, -0.2) is 4.98 Å². The second-order valence-electron chi connectivity index (χ2n) is 6.06. The summed E-state index contributed by atoms with van der Waals surface area (Å²) in [6, 6.07) is 5.86. The fourth-order valence-corrected chi connectivity index (χ4v) is 3.98. The van der Waals surface area contributed by atoms with E-state index >= 15 is 0 Å². The first-order chi connectivity index (χ1) is 12.0. The van der Waals surface area contributed by atoms with E-state index in [9.17, 15) is 4.79 Å². The third-order valence-corrected chi connectivity index (χ3v) is 5.58. The fourth-order valence-electron chi connectivity index (χ4n) is 2.96. The normalized spacial score (nSPS) is 17.4. The Kier molecular flexibility index (Phi) is 5.24. The van der Waals surface area contributed by atoms with Gasteiger partial charge in [0, 0.05) is 31.2 Å². The van der Waals surface area contributed by atoms with Crippen LogP contribution in [0.4, 0.5) is 0 Å². The van der Waals surface area contributed by atoms with E-state index in [1.165, 1.54) is 11.3 Å². The van der Waals surface area contributed by atoms with Gasteiger partial charge in [0.2, 0.25) is 0 Å². The van der Waals surface area contributed by atoms with Gasteiger partial charge in [0.15, 0.2) is 11.5 Å². The molecule has 1 aromatic carbocycles. The van der Waals surface area contributed by atoms with Gasteiger partial charge in [-0.2, -0.15) is 0 Å². The van der Waals surface area contributed by atoms with Gasteiger partial charge in [-0.05, 0) is 32.0 Å². The van der Waals surface area contributed by atoms with Gasteiger partial charge < -0.3 is 19.7 Å². The van der Waals surface area contributed by atoms with Crippen LogP contribution in [0.25, 0.3) is 10.6 Å². The van der Waals surface area contributed by atoms with Gasteiger partial charge >= 0.3 is 0 Å². The lowest BCUT2D eigenvalue weighted by Gasteiger charge is -2.33. The Balaban J connectivity index is 1.91. The maximum absolute atomic E-state index is 12.9. The van der Waals surface area contributed by atoms with Crippen LogP contribution in [0.3, 0.4) is 0 Å². The summed E-state index contributed by atoms with van der Waals surface area (Å²) >= 11 is 1.43. The first-order valence-electron chi connectivity index (χ1n) is 8.26. The van der Waals surface area contributed by atoms with Crippen LogP contribution in [0, 0.1) is 6.92 Å². The predicted octanol–water partition coefficient (Wildman–Crippen LogP) is 2.57. The number of nitrogens with zero attached hydrogens (tertiary/aromatic N) is 2. The summed E-state index contributed by atoms with van der Waals surface area (Å²) in [5, 5.41) is 4.12. The molecule has 1 amide bonds. The molecule has 25 heavy (non-hydrogen) atoms. The summed E-state index contributed by atoms with van der Waals surface area (Å²) < 4.78 is 10.6. The van der Waals surface area contributed by atoms with E-state index < -0.39 is 0 Å². The molecule has 1 atom stereocenters. The minimum Gasteiger partial charge on any atom is -0.493 e. The number of aromatic nitrogens is 1. The third-order valence-electron chi connectivity index (χ3n) is 4.38. The molecule has 3 rings (SSSR count). The smallest absolute Gasteiger partial charge is 0.266 e. The summed E-state index contributed by atoms with van der Waals surface area (Å²) in [6.07, 6.45) is 0. The highest BCUT2D eigenvalue weighted by molar-refractivity contribution is 7.17. The maximum atomic E-state index is 12.9. The molecule has 2 aromatic rings. The van der Waals surface area contributed by atoms with Crippen molar-refractivity contribution in [1.82, 2.24) is 15.2 Å². The molecule has 0 aliphatic carbocycles. The Labute approximate surface area is 151 Å². The van der Waals surface area contributed by atoms with E-state index in [0.717, 1.165) is 35.9 Å². The Hall–Kier alpha value is -2.12. The molecule has 1 saturated heterocycles. The molecular weight excluding hydrogens is 338 g/mol. The average Bonchev–Trinajstić information content (AvgIpc) is 3.02. The van der Waals surface area contributed by atoms with Gasteiger partial charge in [0.05, 0.1) is 19.9 Å². The number of carbonyl (C=O) groups is 1. The van der Waals surface area contributed by atoms with Crippen molar-refractivity contribution >= 4 is 17.2 Å². The minimum absolute atomic E-state index is 0.0655. The summed E-state index contributed by atoms with van der Waals surface area (Å²) in [4.78, 5) is 20.2. The van der Waals surface area contributed by atoms with Crippen molar-refractivity contribution < 1.29 is 14.3 Å². The molecule has 0 spiro atoms. The van der Waals surface area contributed by atoms with E-state index in [0.29, 0.717) is 16.4 Å². The van der Waals surface area contributed by atoms with Crippen LogP contribution in [-0.4, -0.2) is 55.7 Å². The van der Waals surface area contributed by atoms with Crippen molar-refractivity contribution in [2.24, 2.45) is 0 Å². The summed E-state index contributed by atoms with van der Waals surface area (Å²) in [5.41, 5.74) is 1.68. The molecule has 0 unspecified atom stereocenters. The Morgan fingerprint density at radius 3 is 2.76 bits per heavy atom. The SMILES string of the molecule is COc1ccc(-c2nc(C)c(C(=O)N3CCNC[C@@H]3C)s2)cc1OC. The topological polar surface area (TPSA) is 63.7 Å². The number of thiazole rings is 1. The van der Waals surface area contributed by atoms with Crippen LogP contribution in [-0.2, 0) is 0 Å². The van der Waals surface area contributed by atoms with Crippen LogP contribution in [0.5, 0.6) is 11.5 Å². The first kappa shape index (κ1) is 17.7. The van der Waals surface area contributed by atoms with Gasteiger partial charge in [0.1, 0.15) is 9.88 Å². The zero-order valence-electron chi connectivity index (χ0n) is 15.0. The molecule has 7 heteroatoms. The van der Waals surface area contributed by atoms with Gasteiger partial charge in [-0.15, -0.1) is 11.3 Å². The van der Waals surface area contributed by atoms with E-state index in [1.54, 1.807) is 14.2 Å². The first-order valence-corrected chi connectivity index (χ1v) is 9.08. The average molecular weight is 361 g/mol. The second kappa shape index (κ2) is 7.41. The van der Waals surface area contributed by atoms with E-state index in [4.69, 9.17) is 9.47 Å². The zero-order chi connectivity index (χ0) is 18.0. The van der Waals surface area contributed by atoms with Crippen molar-refractivity contribution in [3.8, 4) is 22.1 Å². The Morgan fingerprint density at radius 2 is 2.08 bits per heavy atom. The highest BCUT2D eigenvalue weighted by atomic mass is 32.1. The molecule has 1 aliphatic heterocycles. The largest absolute Gasteiger partial charge is 0.493 e. The number of methoxy groups -OCH3 is 2. The maximum Gasteiger partial charge on any atom is 0.266 e. The number of nitrogens with one attached hydrogen (secondary N) is 1. The van der Waals surface area contributed by atoms with Gasteiger partial charge in [-0.3, -0.25) is 4.79 Å². The van der Waals surface area contributed by atoms with E-state index in [2.05, 4.69) is 17.2 Å². The van der Waals surface area contributed by atoms with Crippen molar-refractivity contribution in [2.45, 2.75) is 19.9 Å². The molecule has 1 aromatic heterocycles. The van der Waals surface area contributed by atoms with Crippen LogP contribution in [0.15, 0.2) is 18.2 Å². The highest BCUT2D eigenvalue weighted by Crippen LogP contribution is 2.35. The lowest BCUT2D eigenvalue weighted by Crippen LogP contribution is -2.52. The van der Waals surface area contributed by atoms with E-state index in [-0.39, 0.29) is 11.9 Å². The number of hydrogen-bond acceptors (Lipinski definition) is 6. The van der Waals surface area contributed by atoms with E-state index in [1.807, 2.05) is 30.0 Å². The quantitative estimate of drug-likeness (QED) is 0.907. The number of aryl methyl sites for hydroxylation is 1. The third kappa shape index (κ3) is 3.48. The second-order valence-corrected chi connectivity index (χ2v) is 7.05. The lowest BCUT2D eigenvalue weighted by molar-refractivity contribution is 0.0660. The molecule has 134 valence electrons. The number of amides is 1. The lowest BCUT2D eigenvalue weighted by atomic mass is 10.2. The van der Waals surface area contributed by atoms with Crippen LogP contribution in [0.2, 0.25) is 0 Å². The van der Waals surface area contributed by atoms with Crippen LogP contribution < -0.4 is 14.8 Å². The number of carbonyl (C=O) groups excluding carboxylic acids is 1. The Bertz CT molecular complexity index is 775. The molecule has 0 bridgehead atoms. The molecule has 0 radical (unpaired) electrons. The van der Waals surface area contributed by atoms with Crippen LogP contribution >= 0.6 is 11.3 Å². The number of piperazine rings is 1. The number of hydrogen-bond donors (Lipinski definition) is 1. The highest BCUT2D eigenvalue weighted by Gasteiger charge is 2.27. The molecule has 6 nitrogen and oxygen atoms in total. The minimum atomic E-state index is 0.0655. The standard InChI is InChI=1S/C18H23N3O3S/c1-11-10-19-7-8-21(11)18(22)16-12(2)20-17(25-16)13-5-6-14(23-3)15(9-13)24-4/h5-6,9,11,19H,7-8,10H2,1-4H3/t11-/m0/s1. The summed E-state index contributed by atoms with van der Waals surface area (Å²) in [5.74, 6) is 1.39. The molecule has 1 N–H and O–H groups in total.